The molecule has 0 saturated heterocycles. The van der Waals surface area contributed by atoms with Gasteiger partial charge in [-0.05, 0) is 10.8 Å². The van der Waals surface area contributed by atoms with Gasteiger partial charge in [-0.1, -0.05) is 24.3 Å². The Kier molecular flexibility index (Phi) is 3.59. The van der Waals surface area contributed by atoms with E-state index < -0.39 is 23.9 Å². The Morgan fingerprint density at radius 2 is 1.94 bits per heavy atom. The Labute approximate surface area is 107 Å². The van der Waals surface area contributed by atoms with Crippen LogP contribution in [0.3, 0.4) is 0 Å². The molecule has 0 bridgehead atoms. The van der Waals surface area contributed by atoms with Gasteiger partial charge in [0.25, 0.3) is 10.0 Å². The Bertz CT molecular complexity index is 717. The zero-order chi connectivity index (χ0) is 13.4. The molecule has 1 heterocycles. The van der Waals surface area contributed by atoms with Crippen LogP contribution in [0.1, 0.15) is 0 Å². The van der Waals surface area contributed by atoms with E-state index in [0.29, 0.717) is 5.39 Å². The molecule has 0 amide bonds. The standard InChI is InChI=1S/C9H10NO5PS2/c11-16(12,13)6-10-18(14,15)9-8-4-2-1-3-7(8)5-17-9/h1-5,10H,6H2,(H2,11,12,13). The lowest BCUT2D eigenvalue weighted by Gasteiger charge is -2.06. The summed E-state index contributed by atoms with van der Waals surface area (Å²) in [5.41, 5.74) is 0. The lowest BCUT2D eigenvalue weighted by atomic mass is 10.2. The first kappa shape index (κ1) is 13.7. The van der Waals surface area contributed by atoms with Crippen molar-refractivity contribution in [2.75, 3.05) is 6.29 Å². The maximum atomic E-state index is 11.9. The first-order valence-corrected chi connectivity index (χ1v) is 8.96. The molecule has 6 nitrogen and oxygen atoms in total. The van der Waals surface area contributed by atoms with Gasteiger partial charge in [-0.2, -0.15) is 4.72 Å². The molecule has 98 valence electrons. The Morgan fingerprint density at radius 3 is 2.61 bits per heavy atom. The van der Waals surface area contributed by atoms with E-state index in [-0.39, 0.29) is 4.21 Å². The maximum absolute atomic E-state index is 11.9. The van der Waals surface area contributed by atoms with E-state index >= 15 is 0 Å². The molecule has 9 heteroatoms. The Balaban J connectivity index is 2.39. The zero-order valence-electron chi connectivity index (χ0n) is 8.98. The minimum atomic E-state index is -4.41. The maximum Gasteiger partial charge on any atom is 0.340 e. The first-order valence-electron chi connectivity index (χ1n) is 4.80. The lowest BCUT2D eigenvalue weighted by Crippen LogP contribution is -2.24. The van der Waals surface area contributed by atoms with E-state index in [0.717, 1.165) is 16.7 Å². The summed E-state index contributed by atoms with van der Waals surface area (Å²) >= 11 is 1.02. The molecular weight excluding hydrogens is 297 g/mol. The summed E-state index contributed by atoms with van der Waals surface area (Å²) in [5.74, 6) is 0. The van der Waals surface area contributed by atoms with Crippen LogP contribution in [0, 0.1) is 0 Å². The average Bonchev–Trinajstić information content (AvgIpc) is 2.70. The number of thiophene rings is 1. The number of sulfonamides is 1. The monoisotopic (exact) mass is 307 g/mol. The molecule has 0 aliphatic carbocycles. The van der Waals surface area contributed by atoms with Crippen molar-refractivity contribution in [1.29, 1.82) is 0 Å². The Hall–Kier alpha value is -0.760. The van der Waals surface area contributed by atoms with Crippen molar-refractivity contribution in [3.8, 4) is 0 Å². The molecule has 0 unspecified atom stereocenters. The summed E-state index contributed by atoms with van der Waals surface area (Å²) in [7, 11) is -8.31. The van der Waals surface area contributed by atoms with Gasteiger partial charge >= 0.3 is 7.60 Å². The molecule has 3 N–H and O–H groups in total. The van der Waals surface area contributed by atoms with Crippen LogP contribution in [0.4, 0.5) is 0 Å². The van der Waals surface area contributed by atoms with Gasteiger partial charge in [0.05, 0.1) is 0 Å². The molecule has 1 aromatic heterocycles. The summed E-state index contributed by atoms with van der Waals surface area (Å²) in [4.78, 5) is 17.4. The second-order valence-corrected chi connectivity index (χ2v) is 8.07. The van der Waals surface area contributed by atoms with Gasteiger partial charge < -0.3 is 9.79 Å². The van der Waals surface area contributed by atoms with Crippen molar-refractivity contribution in [1.82, 2.24) is 4.72 Å². The lowest BCUT2D eigenvalue weighted by molar-refractivity contribution is 0.371. The van der Waals surface area contributed by atoms with Crippen LogP contribution in [0.5, 0.6) is 0 Å². The summed E-state index contributed by atoms with van der Waals surface area (Å²) < 4.78 is 36.5. The van der Waals surface area contributed by atoms with Gasteiger partial charge in [-0.15, -0.1) is 11.3 Å². The molecule has 18 heavy (non-hydrogen) atoms. The molecule has 2 aromatic rings. The van der Waals surface area contributed by atoms with Crippen molar-refractivity contribution in [3.63, 3.8) is 0 Å². The highest BCUT2D eigenvalue weighted by Crippen LogP contribution is 2.34. The van der Waals surface area contributed by atoms with E-state index in [1.165, 1.54) is 0 Å². The summed E-state index contributed by atoms with van der Waals surface area (Å²) in [6.45, 7) is 0. The third-order valence-electron chi connectivity index (χ3n) is 2.18. The SMILES string of the molecule is O=P(O)(O)CNS(=O)(=O)c1scc2ccccc12. The highest BCUT2D eigenvalue weighted by Gasteiger charge is 2.23. The smallest absolute Gasteiger partial charge is 0.324 e. The molecule has 1 aromatic carbocycles. The molecule has 0 aliphatic rings. The predicted octanol–water partition coefficient (Wildman–Crippen LogP) is 1.31. The van der Waals surface area contributed by atoms with E-state index in [4.69, 9.17) is 9.79 Å². The Morgan fingerprint density at radius 1 is 1.28 bits per heavy atom. The minimum absolute atomic E-state index is 0.0616. The minimum Gasteiger partial charge on any atom is -0.324 e. The number of rotatable bonds is 4. The number of benzene rings is 1. The van der Waals surface area contributed by atoms with Gasteiger partial charge in [-0.3, -0.25) is 4.57 Å². The van der Waals surface area contributed by atoms with Crippen LogP contribution in [0.2, 0.25) is 0 Å². The van der Waals surface area contributed by atoms with Crippen LogP contribution >= 0.6 is 18.9 Å². The first-order chi connectivity index (χ1) is 8.30. The van der Waals surface area contributed by atoms with Gasteiger partial charge in [0.2, 0.25) is 0 Å². The van der Waals surface area contributed by atoms with Crippen LogP contribution in [0.25, 0.3) is 10.8 Å². The van der Waals surface area contributed by atoms with Crippen LogP contribution in [-0.2, 0) is 14.6 Å². The van der Waals surface area contributed by atoms with Gasteiger partial charge in [0.1, 0.15) is 10.5 Å². The normalized spacial score (nSPS) is 13.0. The van der Waals surface area contributed by atoms with Crippen LogP contribution < -0.4 is 4.72 Å². The zero-order valence-corrected chi connectivity index (χ0v) is 11.5. The van der Waals surface area contributed by atoms with Gasteiger partial charge in [0.15, 0.2) is 0 Å². The molecule has 0 atom stereocenters. The number of hydrogen-bond donors (Lipinski definition) is 3. The highest BCUT2D eigenvalue weighted by molar-refractivity contribution is 7.92. The molecule has 0 radical (unpaired) electrons. The fourth-order valence-electron chi connectivity index (χ4n) is 1.41. The van der Waals surface area contributed by atoms with Crippen molar-refractivity contribution in [2.24, 2.45) is 0 Å². The molecule has 0 aliphatic heterocycles. The molecule has 0 saturated carbocycles. The number of hydrogen-bond acceptors (Lipinski definition) is 4. The fraction of sp³-hybridized carbons (Fsp3) is 0.111. The quantitative estimate of drug-likeness (QED) is 0.739. The van der Waals surface area contributed by atoms with Gasteiger partial charge in [0, 0.05) is 5.39 Å². The third kappa shape index (κ3) is 2.97. The molecule has 2 rings (SSSR count). The van der Waals surface area contributed by atoms with Crippen molar-refractivity contribution in [2.45, 2.75) is 4.21 Å². The fourth-order valence-corrected chi connectivity index (χ4v) is 4.95. The number of fused-ring (bicyclic) bond motifs is 1. The van der Waals surface area contributed by atoms with Crippen molar-refractivity contribution in [3.05, 3.63) is 29.6 Å². The second-order valence-electron chi connectivity index (χ2n) is 3.58. The van der Waals surface area contributed by atoms with Crippen LogP contribution in [0.15, 0.2) is 33.9 Å². The van der Waals surface area contributed by atoms with E-state index in [2.05, 4.69) is 0 Å². The summed E-state index contributed by atoms with van der Waals surface area (Å²) in [5, 5.41) is 3.00. The average molecular weight is 307 g/mol. The van der Waals surface area contributed by atoms with E-state index in [9.17, 15) is 13.0 Å². The second kappa shape index (κ2) is 4.73. The van der Waals surface area contributed by atoms with E-state index in [1.807, 2.05) is 4.72 Å². The van der Waals surface area contributed by atoms with E-state index in [1.54, 1.807) is 29.6 Å². The predicted molar refractivity (Wildman–Crippen MR) is 69.1 cm³/mol. The van der Waals surface area contributed by atoms with Crippen molar-refractivity contribution >= 4 is 39.7 Å². The topological polar surface area (TPSA) is 104 Å². The largest absolute Gasteiger partial charge is 0.340 e. The highest BCUT2D eigenvalue weighted by atomic mass is 32.2. The number of nitrogens with one attached hydrogen (secondary N) is 1. The van der Waals surface area contributed by atoms with Crippen molar-refractivity contribution < 1.29 is 22.8 Å². The molecule has 0 spiro atoms. The molecule has 0 fully saturated rings. The summed E-state index contributed by atoms with van der Waals surface area (Å²) in [6, 6.07) is 6.91. The third-order valence-corrected chi connectivity index (χ3v) is 5.95. The van der Waals surface area contributed by atoms with Gasteiger partial charge in [-0.25, -0.2) is 8.42 Å². The summed E-state index contributed by atoms with van der Waals surface area (Å²) in [6.07, 6.45) is -0.901. The van der Waals surface area contributed by atoms with Crippen LogP contribution in [-0.4, -0.2) is 24.5 Å². The molecular formula is C9H10NO5PS2.